The number of halogens is 4. The third-order valence-corrected chi connectivity index (χ3v) is 4.17. The maximum atomic E-state index is 14.6. The number of hydrogen-bond acceptors (Lipinski definition) is 0. The van der Waals surface area contributed by atoms with E-state index in [0.29, 0.717) is 10.6 Å². The zero-order chi connectivity index (χ0) is 15.5. The first-order valence-electron chi connectivity index (χ1n) is 6.69. The Hall–Kier alpha value is -2.21. The van der Waals surface area contributed by atoms with Gasteiger partial charge in [-0.15, -0.1) is 0 Å². The fourth-order valence-corrected chi connectivity index (χ4v) is 3.16. The summed E-state index contributed by atoms with van der Waals surface area (Å²) in [6.45, 7) is -3.98. The summed E-state index contributed by atoms with van der Waals surface area (Å²) >= 11 is 5.96. The molecule has 0 unspecified atom stereocenters. The average Bonchev–Trinajstić information content (AvgIpc) is 3.12. The van der Waals surface area contributed by atoms with E-state index in [-0.39, 0.29) is 17.0 Å². The number of benzene rings is 1. The van der Waals surface area contributed by atoms with Gasteiger partial charge < -0.3 is 17.6 Å². The van der Waals surface area contributed by atoms with Gasteiger partial charge in [0.25, 0.3) is 0 Å². The number of nitrogens with zero attached hydrogens (tertiary/aromatic N) is 2. The maximum absolute atomic E-state index is 14.6. The summed E-state index contributed by atoms with van der Waals surface area (Å²) in [6.07, 6.45) is 5.70. The smallest absolute Gasteiger partial charge is 0.396 e. The van der Waals surface area contributed by atoms with Gasteiger partial charge in [0.05, 0.1) is 5.57 Å². The molecule has 110 valence electrons. The van der Waals surface area contributed by atoms with E-state index < -0.39 is 12.8 Å². The number of allylic oxidation sites excluding steroid dienone is 2. The Balaban J connectivity index is 2.09. The molecule has 0 fully saturated rings. The quantitative estimate of drug-likeness (QED) is 0.704. The van der Waals surface area contributed by atoms with Crippen LogP contribution in [0.3, 0.4) is 0 Å². The van der Waals surface area contributed by atoms with Crippen LogP contribution >= 0.6 is 11.6 Å². The van der Waals surface area contributed by atoms with E-state index in [1.54, 1.807) is 12.1 Å². The number of aromatic nitrogens is 1. The summed E-state index contributed by atoms with van der Waals surface area (Å²) in [5.74, 6) is -0.502. The highest BCUT2D eigenvalue weighted by Gasteiger charge is 2.51. The van der Waals surface area contributed by atoms with Crippen molar-refractivity contribution >= 4 is 30.4 Å². The lowest BCUT2D eigenvalue weighted by Crippen LogP contribution is -2.49. The van der Waals surface area contributed by atoms with Gasteiger partial charge in [-0.1, -0.05) is 11.6 Å². The molecule has 1 aromatic heterocycles. The van der Waals surface area contributed by atoms with Gasteiger partial charge in [0.1, 0.15) is 12.0 Å². The van der Waals surface area contributed by atoms with Crippen LogP contribution in [0.15, 0.2) is 54.4 Å². The number of rotatable bonds is 1. The molecule has 1 aromatic carbocycles. The molecule has 0 aliphatic carbocycles. The van der Waals surface area contributed by atoms with Gasteiger partial charge >= 0.3 is 6.97 Å². The van der Waals surface area contributed by atoms with Crippen LogP contribution in [0.4, 0.5) is 13.0 Å². The fourth-order valence-electron chi connectivity index (χ4n) is 2.98. The van der Waals surface area contributed by atoms with Gasteiger partial charge in [-0.25, -0.2) is 4.39 Å². The lowest BCUT2D eigenvalue weighted by Gasteiger charge is -2.31. The molecule has 3 heterocycles. The van der Waals surface area contributed by atoms with Crippen molar-refractivity contribution < 1.29 is 17.5 Å². The van der Waals surface area contributed by atoms with E-state index in [1.807, 2.05) is 0 Å². The second-order valence-corrected chi connectivity index (χ2v) is 5.63. The Morgan fingerprint density at radius 3 is 2.82 bits per heavy atom. The fraction of sp³-hybridized carbons (Fsp3) is 0. The maximum Gasteiger partial charge on any atom is 0.737 e. The predicted octanol–water partition coefficient (Wildman–Crippen LogP) is 3.93. The predicted molar refractivity (Wildman–Crippen MR) is 80.7 cm³/mol. The molecule has 0 radical (unpaired) electrons. The summed E-state index contributed by atoms with van der Waals surface area (Å²) in [5, 5.41) is 0.350. The third-order valence-electron chi connectivity index (χ3n) is 3.94. The standard InChI is InChI=1S/C15H9BClF3N2/c17-10-5-6-12(18)11(9-10)15-13-3-1-7-21(13)16(19,20)22-8-2-4-14(15)22/h1-9H. The molecule has 0 bridgehead atoms. The first-order valence-corrected chi connectivity index (χ1v) is 7.07. The second kappa shape index (κ2) is 4.40. The third kappa shape index (κ3) is 1.67. The van der Waals surface area contributed by atoms with Crippen LogP contribution in [0.1, 0.15) is 11.3 Å². The molecule has 0 amide bonds. The Morgan fingerprint density at radius 1 is 1.18 bits per heavy atom. The van der Waals surface area contributed by atoms with E-state index in [9.17, 15) is 13.0 Å². The number of hydrogen-bond donors (Lipinski definition) is 0. The van der Waals surface area contributed by atoms with Crippen LogP contribution in [0.5, 0.6) is 0 Å². The van der Waals surface area contributed by atoms with Crippen molar-refractivity contribution in [1.82, 2.24) is 4.48 Å². The zero-order valence-corrected chi connectivity index (χ0v) is 11.9. The first-order chi connectivity index (χ1) is 10.5. The molecule has 2 aliphatic heterocycles. The normalized spacial score (nSPS) is 18.3. The first kappa shape index (κ1) is 13.5. The summed E-state index contributed by atoms with van der Waals surface area (Å²) in [7, 11) is 0. The average molecular weight is 321 g/mol. The van der Waals surface area contributed by atoms with Gasteiger partial charge in [0.15, 0.2) is 5.70 Å². The summed E-state index contributed by atoms with van der Waals surface area (Å²) < 4.78 is 45.2. The molecule has 7 heteroatoms. The van der Waals surface area contributed by atoms with Crippen LogP contribution in [0.2, 0.25) is 5.02 Å². The molecule has 0 atom stereocenters. The van der Waals surface area contributed by atoms with Crippen LogP contribution in [0.25, 0.3) is 5.57 Å². The lowest BCUT2D eigenvalue weighted by molar-refractivity contribution is -0.356. The highest BCUT2D eigenvalue weighted by Crippen LogP contribution is 2.39. The van der Waals surface area contributed by atoms with Gasteiger partial charge in [0, 0.05) is 28.4 Å². The monoisotopic (exact) mass is 320 g/mol. The SMILES string of the molecule is Fc1ccc(Cl)cc1C1=C2C=CC=[N+]2[B-](F)(F)n2cccc21. The van der Waals surface area contributed by atoms with Crippen molar-refractivity contribution in [2.75, 3.05) is 0 Å². The minimum Gasteiger partial charge on any atom is -0.396 e. The largest absolute Gasteiger partial charge is 0.737 e. The van der Waals surface area contributed by atoms with E-state index in [0.717, 1.165) is 8.96 Å². The molecular formula is C15H9BClF3N2. The van der Waals surface area contributed by atoms with E-state index in [4.69, 9.17) is 11.6 Å². The Kier molecular flexibility index (Phi) is 2.69. The topological polar surface area (TPSA) is 7.94 Å². The molecule has 4 rings (SSSR count). The molecular weight excluding hydrogens is 311 g/mol. The molecule has 22 heavy (non-hydrogen) atoms. The highest BCUT2D eigenvalue weighted by molar-refractivity contribution is 6.57. The van der Waals surface area contributed by atoms with Crippen LogP contribution < -0.4 is 0 Å². The Labute approximate surface area is 129 Å². The molecule has 0 saturated heterocycles. The van der Waals surface area contributed by atoms with Gasteiger partial charge in [-0.2, -0.15) is 0 Å². The molecule has 2 nitrogen and oxygen atoms in total. The summed E-state index contributed by atoms with van der Waals surface area (Å²) in [6, 6.07) is 7.21. The van der Waals surface area contributed by atoms with Crippen molar-refractivity contribution in [3.63, 3.8) is 0 Å². The van der Waals surface area contributed by atoms with Crippen molar-refractivity contribution in [1.29, 1.82) is 0 Å². The van der Waals surface area contributed by atoms with Crippen LogP contribution in [0, 0.1) is 5.82 Å². The second-order valence-electron chi connectivity index (χ2n) is 5.19. The molecule has 0 saturated carbocycles. The Morgan fingerprint density at radius 2 is 2.00 bits per heavy atom. The van der Waals surface area contributed by atoms with E-state index in [1.165, 1.54) is 42.8 Å². The molecule has 0 N–H and O–H groups in total. The molecule has 0 spiro atoms. The Bertz CT molecular complexity index is 896. The zero-order valence-electron chi connectivity index (χ0n) is 11.2. The molecule has 2 aliphatic rings. The number of fused-ring (bicyclic) bond motifs is 2. The summed E-state index contributed by atoms with van der Waals surface area (Å²) in [5.41, 5.74) is 1.16. The highest BCUT2D eigenvalue weighted by atomic mass is 35.5. The van der Waals surface area contributed by atoms with Gasteiger partial charge in [-0.05, 0) is 36.5 Å². The minimum absolute atomic E-state index is 0.207. The van der Waals surface area contributed by atoms with Crippen molar-refractivity contribution in [2.24, 2.45) is 0 Å². The lowest BCUT2D eigenvalue weighted by atomic mass is 9.86. The van der Waals surface area contributed by atoms with Crippen LogP contribution in [-0.2, 0) is 0 Å². The summed E-state index contributed by atoms with van der Waals surface area (Å²) in [4.78, 5) is 0. The van der Waals surface area contributed by atoms with Crippen molar-refractivity contribution in [3.8, 4) is 0 Å². The molecule has 2 aromatic rings. The minimum atomic E-state index is -3.98. The van der Waals surface area contributed by atoms with Crippen LogP contribution in [-0.4, -0.2) is 22.1 Å². The van der Waals surface area contributed by atoms with E-state index >= 15 is 0 Å². The van der Waals surface area contributed by atoms with Crippen molar-refractivity contribution in [3.05, 3.63) is 76.5 Å². The van der Waals surface area contributed by atoms with Crippen molar-refractivity contribution in [2.45, 2.75) is 0 Å². The van der Waals surface area contributed by atoms with E-state index in [2.05, 4.69) is 0 Å². The van der Waals surface area contributed by atoms with Gasteiger partial charge in [0.2, 0.25) is 0 Å². The van der Waals surface area contributed by atoms with Gasteiger partial charge in [-0.3, -0.25) is 0 Å².